The van der Waals surface area contributed by atoms with E-state index < -0.39 is 12.1 Å². The molecule has 0 saturated heterocycles. The average molecular weight is 222 g/mol. The number of hydrogen-bond acceptors (Lipinski definition) is 1. The van der Waals surface area contributed by atoms with Crippen molar-refractivity contribution in [2.45, 2.75) is 6.36 Å². The summed E-state index contributed by atoms with van der Waals surface area (Å²) in [6.45, 7) is 6.60. The van der Waals surface area contributed by atoms with E-state index >= 15 is 0 Å². The van der Waals surface area contributed by atoms with Crippen LogP contribution in [0, 0.1) is 6.57 Å². The van der Waals surface area contributed by atoms with Gasteiger partial charge in [0.25, 0.3) is 0 Å². The van der Waals surface area contributed by atoms with Gasteiger partial charge in [0.1, 0.15) is 5.75 Å². The molecule has 0 N–H and O–H groups in total. The molecule has 6 heteroatoms. The van der Waals surface area contributed by atoms with Crippen LogP contribution in [0.25, 0.3) is 4.85 Å². The Bertz CT molecular complexity index is 383. The van der Waals surface area contributed by atoms with Crippen molar-refractivity contribution in [1.82, 2.24) is 0 Å². The van der Waals surface area contributed by atoms with Crippen molar-refractivity contribution >= 4 is 17.3 Å². The first-order chi connectivity index (χ1) is 6.42. The van der Waals surface area contributed by atoms with Gasteiger partial charge in [-0.2, -0.15) is 0 Å². The van der Waals surface area contributed by atoms with Gasteiger partial charge in [-0.15, -0.1) is 13.2 Å². The van der Waals surface area contributed by atoms with E-state index in [0.29, 0.717) is 0 Å². The van der Waals surface area contributed by atoms with Gasteiger partial charge >= 0.3 is 6.36 Å². The van der Waals surface area contributed by atoms with Crippen molar-refractivity contribution in [2.24, 2.45) is 0 Å². The van der Waals surface area contributed by atoms with Crippen molar-refractivity contribution < 1.29 is 17.9 Å². The molecule has 0 radical (unpaired) electrons. The fourth-order valence-corrected chi connectivity index (χ4v) is 0.949. The lowest BCUT2D eigenvalue weighted by atomic mass is 10.3. The Morgan fingerprint density at radius 2 is 2.00 bits per heavy atom. The Kier molecular flexibility index (Phi) is 2.87. The van der Waals surface area contributed by atoms with Crippen LogP contribution < -0.4 is 4.74 Å². The van der Waals surface area contributed by atoms with E-state index in [2.05, 4.69) is 9.58 Å². The topological polar surface area (TPSA) is 13.6 Å². The second-order valence-electron chi connectivity index (χ2n) is 2.27. The van der Waals surface area contributed by atoms with Crippen LogP contribution in [0.3, 0.4) is 0 Å². The maximum absolute atomic E-state index is 11.8. The Morgan fingerprint density at radius 3 is 2.50 bits per heavy atom. The van der Waals surface area contributed by atoms with Gasteiger partial charge in [0.15, 0.2) is 0 Å². The first kappa shape index (κ1) is 10.7. The molecule has 0 aliphatic rings. The number of alkyl halides is 3. The minimum Gasteiger partial charge on any atom is -0.418 e. The zero-order chi connectivity index (χ0) is 10.8. The second-order valence-corrected chi connectivity index (χ2v) is 2.71. The van der Waals surface area contributed by atoms with Crippen molar-refractivity contribution in [1.29, 1.82) is 0 Å². The fourth-order valence-electron chi connectivity index (χ4n) is 0.787. The van der Waals surface area contributed by atoms with Gasteiger partial charge in [0, 0.05) is 5.02 Å². The highest BCUT2D eigenvalue weighted by atomic mass is 35.5. The quantitative estimate of drug-likeness (QED) is 0.658. The summed E-state index contributed by atoms with van der Waals surface area (Å²) in [5.74, 6) is -0.583. The lowest BCUT2D eigenvalue weighted by Gasteiger charge is -2.10. The van der Waals surface area contributed by atoms with Gasteiger partial charge in [-0.3, -0.25) is 0 Å². The zero-order valence-corrected chi connectivity index (χ0v) is 7.36. The first-order valence-corrected chi connectivity index (χ1v) is 3.73. The van der Waals surface area contributed by atoms with E-state index in [1.807, 2.05) is 0 Å². The number of hydrogen-bond donors (Lipinski definition) is 0. The third kappa shape index (κ3) is 2.82. The maximum Gasteiger partial charge on any atom is 0.571 e. The van der Waals surface area contributed by atoms with Crippen LogP contribution >= 0.6 is 11.6 Å². The van der Waals surface area contributed by atoms with E-state index in [-0.39, 0.29) is 10.7 Å². The van der Waals surface area contributed by atoms with E-state index in [9.17, 15) is 13.2 Å². The molecule has 74 valence electrons. The third-order valence-corrected chi connectivity index (χ3v) is 1.50. The summed E-state index contributed by atoms with van der Waals surface area (Å²) in [5.41, 5.74) is -0.230. The smallest absolute Gasteiger partial charge is 0.418 e. The van der Waals surface area contributed by atoms with Crippen LogP contribution in [-0.4, -0.2) is 6.36 Å². The predicted molar refractivity (Wildman–Crippen MR) is 44.4 cm³/mol. The first-order valence-electron chi connectivity index (χ1n) is 3.35. The van der Waals surface area contributed by atoms with E-state index in [4.69, 9.17) is 18.2 Å². The van der Waals surface area contributed by atoms with Gasteiger partial charge in [-0.25, -0.2) is 4.85 Å². The second kappa shape index (κ2) is 3.76. The van der Waals surface area contributed by atoms with E-state index in [0.717, 1.165) is 12.1 Å². The summed E-state index contributed by atoms with van der Waals surface area (Å²) in [5, 5.41) is 0.0802. The molecule has 14 heavy (non-hydrogen) atoms. The highest BCUT2D eigenvalue weighted by molar-refractivity contribution is 6.30. The monoisotopic (exact) mass is 221 g/mol. The molecule has 0 aliphatic heterocycles. The molecular formula is C8H3ClF3NO. The van der Waals surface area contributed by atoms with Crippen molar-refractivity contribution in [3.8, 4) is 5.75 Å². The molecule has 1 rings (SSSR count). The lowest BCUT2D eigenvalue weighted by molar-refractivity contribution is -0.274. The summed E-state index contributed by atoms with van der Waals surface area (Å²) < 4.78 is 39.1. The normalized spacial score (nSPS) is 10.8. The number of ether oxygens (including phenoxy) is 1. The summed E-state index contributed by atoms with van der Waals surface area (Å²) in [4.78, 5) is 2.86. The number of benzene rings is 1. The Labute approximate surface area is 82.7 Å². The minimum atomic E-state index is -4.82. The molecule has 0 unspecified atom stereocenters. The van der Waals surface area contributed by atoms with Gasteiger partial charge in [0.05, 0.1) is 6.57 Å². The summed E-state index contributed by atoms with van der Waals surface area (Å²) in [6, 6.07) is 3.43. The molecule has 0 aliphatic carbocycles. The van der Waals surface area contributed by atoms with Crippen LogP contribution in [0.2, 0.25) is 5.02 Å². The molecule has 0 bridgehead atoms. The van der Waals surface area contributed by atoms with E-state index in [1.54, 1.807) is 0 Å². The molecule has 0 fully saturated rings. The summed E-state index contributed by atoms with van der Waals surface area (Å²) in [7, 11) is 0. The van der Waals surface area contributed by atoms with Crippen LogP contribution in [0.1, 0.15) is 0 Å². The largest absolute Gasteiger partial charge is 0.571 e. The Morgan fingerprint density at radius 1 is 1.36 bits per heavy atom. The Hall–Kier alpha value is -1.41. The fraction of sp³-hybridized carbons (Fsp3) is 0.125. The summed E-state index contributed by atoms with van der Waals surface area (Å²) in [6.07, 6.45) is -4.82. The third-order valence-electron chi connectivity index (χ3n) is 1.27. The van der Waals surface area contributed by atoms with Crippen LogP contribution in [0.15, 0.2) is 18.2 Å². The molecule has 1 aromatic rings. The minimum absolute atomic E-state index is 0.0802. The van der Waals surface area contributed by atoms with Gasteiger partial charge in [0.2, 0.25) is 5.69 Å². The highest BCUT2D eigenvalue weighted by Crippen LogP contribution is 2.34. The standard InChI is InChI=1S/C8H3ClF3NO/c1-13-6-3-2-5(9)4-7(6)14-8(10,11)12/h2-4H. The van der Waals surface area contributed by atoms with Crippen molar-refractivity contribution in [3.63, 3.8) is 0 Å². The maximum atomic E-state index is 11.8. The zero-order valence-electron chi connectivity index (χ0n) is 6.60. The number of nitrogens with zero attached hydrogens (tertiary/aromatic N) is 1. The molecule has 0 aromatic heterocycles. The SMILES string of the molecule is [C-]#[N+]c1ccc(Cl)cc1OC(F)(F)F. The van der Waals surface area contributed by atoms with Crippen molar-refractivity contribution in [2.75, 3.05) is 0 Å². The molecule has 0 spiro atoms. The van der Waals surface area contributed by atoms with Crippen LogP contribution in [0.5, 0.6) is 5.75 Å². The van der Waals surface area contributed by atoms with Gasteiger partial charge < -0.3 is 4.74 Å². The highest BCUT2D eigenvalue weighted by Gasteiger charge is 2.32. The van der Waals surface area contributed by atoms with Crippen LogP contribution in [0.4, 0.5) is 18.9 Å². The number of halogens is 4. The van der Waals surface area contributed by atoms with Gasteiger partial charge in [-0.05, 0) is 6.07 Å². The molecular weight excluding hydrogens is 219 g/mol. The molecule has 0 saturated carbocycles. The Balaban J connectivity index is 3.07. The van der Waals surface area contributed by atoms with Crippen molar-refractivity contribution in [3.05, 3.63) is 34.6 Å². The number of rotatable bonds is 1. The molecule has 1 aromatic carbocycles. The van der Waals surface area contributed by atoms with Crippen LogP contribution in [-0.2, 0) is 0 Å². The predicted octanol–water partition coefficient (Wildman–Crippen LogP) is 3.79. The molecule has 2 nitrogen and oxygen atoms in total. The lowest BCUT2D eigenvalue weighted by Crippen LogP contribution is -2.17. The summed E-state index contributed by atoms with van der Waals surface area (Å²) >= 11 is 5.45. The molecule has 0 atom stereocenters. The average Bonchev–Trinajstić information content (AvgIpc) is 2.01. The van der Waals surface area contributed by atoms with Gasteiger partial charge in [-0.1, -0.05) is 23.7 Å². The van der Waals surface area contributed by atoms with E-state index in [1.165, 1.54) is 6.07 Å². The molecule has 0 heterocycles. The molecule has 0 amide bonds.